The van der Waals surface area contributed by atoms with E-state index >= 15 is 0 Å². The fourth-order valence-corrected chi connectivity index (χ4v) is 2.15. The van der Waals surface area contributed by atoms with E-state index < -0.39 is 5.97 Å². The average Bonchev–Trinajstić information content (AvgIpc) is 3.05. The Bertz CT molecular complexity index is 677. The number of para-hydroxylation sites is 1. The van der Waals surface area contributed by atoms with Crippen molar-refractivity contribution in [3.8, 4) is 6.07 Å². The first-order chi connectivity index (χ1) is 8.65. The van der Waals surface area contributed by atoms with Crippen molar-refractivity contribution in [2.45, 2.75) is 19.4 Å². The largest absolute Gasteiger partial charge is 0.476 e. The molecule has 90 valence electrons. The van der Waals surface area contributed by atoms with E-state index in [9.17, 15) is 4.79 Å². The first-order valence-corrected chi connectivity index (χ1v) is 5.75. The third-order valence-electron chi connectivity index (χ3n) is 3.40. The number of nitrogens with zero attached hydrogens (tertiary/aromatic N) is 3. The maximum absolute atomic E-state index is 11.1. The zero-order chi connectivity index (χ0) is 12.8. The van der Waals surface area contributed by atoms with Crippen LogP contribution in [-0.2, 0) is 6.54 Å². The first kappa shape index (κ1) is 10.8. The molecule has 2 aromatic rings. The van der Waals surface area contributed by atoms with E-state index in [0.29, 0.717) is 11.9 Å². The average molecular weight is 241 g/mol. The summed E-state index contributed by atoms with van der Waals surface area (Å²) in [4.78, 5) is 11.1. The van der Waals surface area contributed by atoms with E-state index in [4.69, 9.17) is 10.4 Å². The number of carboxylic acid groups (broad SMARTS) is 1. The zero-order valence-corrected chi connectivity index (χ0v) is 9.63. The van der Waals surface area contributed by atoms with Gasteiger partial charge in [-0.25, -0.2) is 4.79 Å². The number of aromatic nitrogens is 2. The molecule has 1 heterocycles. The molecule has 1 saturated carbocycles. The van der Waals surface area contributed by atoms with Crippen LogP contribution in [0.3, 0.4) is 0 Å². The zero-order valence-electron chi connectivity index (χ0n) is 9.63. The normalized spacial score (nSPS) is 16.4. The minimum atomic E-state index is -1.04. The van der Waals surface area contributed by atoms with E-state index in [1.165, 1.54) is 0 Å². The van der Waals surface area contributed by atoms with Gasteiger partial charge in [-0.15, -0.1) is 0 Å². The minimum Gasteiger partial charge on any atom is -0.476 e. The maximum Gasteiger partial charge on any atom is 0.357 e. The van der Waals surface area contributed by atoms with Crippen molar-refractivity contribution in [2.75, 3.05) is 0 Å². The molecule has 0 bridgehead atoms. The predicted molar refractivity (Wildman–Crippen MR) is 64.0 cm³/mol. The van der Waals surface area contributed by atoms with E-state index in [2.05, 4.69) is 11.2 Å². The summed E-state index contributed by atoms with van der Waals surface area (Å²) in [6, 6.07) is 9.51. The summed E-state index contributed by atoms with van der Waals surface area (Å²) in [5.74, 6) is -1.04. The number of fused-ring (bicyclic) bond motifs is 1. The Morgan fingerprint density at radius 1 is 1.50 bits per heavy atom. The molecule has 1 aromatic heterocycles. The lowest BCUT2D eigenvalue weighted by Gasteiger charge is -2.06. The molecular formula is C13H11N3O2. The summed E-state index contributed by atoms with van der Waals surface area (Å²) >= 11 is 0. The van der Waals surface area contributed by atoms with Gasteiger partial charge in [0.1, 0.15) is 0 Å². The Morgan fingerprint density at radius 3 is 2.83 bits per heavy atom. The van der Waals surface area contributed by atoms with Gasteiger partial charge in [0, 0.05) is 5.39 Å². The van der Waals surface area contributed by atoms with Gasteiger partial charge in [-0.3, -0.25) is 4.68 Å². The highest BCUT2D eigenvalue weighted by Crippen LogP contribution is 2.46. The lowest BCUT2D eigenvalue weighted by atomic mass is 10.1. The van der Waals surface area contributed by atoms with Crippen LogP contribution in [0.2, 0.25) is 0 Å². The van der Waals surface area contributed by atoms with Crippen LogP contribution in [0.5, 0.6) is 0 Å². The van der Waals surface area contributed by atoms with Gasteiger partial charge in [-0.2, -0.15) is 10.4 Å². The standard InChI is InChI=1S/C13H11N3O2/c14-7-13(5-6-13)8-16-10-4-2-1-3-9(10)11(15-16)12(17)18/h1-4H,5-6,8H2,(H,17,18). The molecule has 1 aliphatic carbocycles. The van der Waals surface area contributed by atoms with Crippen molar-refractivity contribution in [3.63, 3.8) is 0 Å². The SMILES string of the molecule is N#CC1(Cn2nc(C(=O)O)c3ccccc32)CC1. The van der Waals surface area contributed by atoms with Gasteiger partial charge in [0.05, 0.1) is 23.5 Å². The summed E-state index contributed by atoms with van der Waals surface area (Å²) in [6.45, 7) is 0.470. The maximum atomic E-state index is 11.1. The van der Waals surface area contributed by atoms with E-state index in [1.807, 2.05) is 12.1 Å². The third-order valence-corrected chi connectivity index (χ3v) is 3.40. The molecule has 18 heavy (non-hydrogen) atoms. The Hall–Kier alpha value is -2.35. The molecule has 1 N–H and O–H groups in total. The number of rotatable bonds is 3. The van der Waals surface area contributed by atoms with Crippen LogP contribution in [0.15, 0.2) is 24.3 Å². The van der Waals surface area contributed by atoms with Gasteiger partial charge in [-0.05, 0) is 18.9 Å². The van der Waals surface area contributed by atoms with Crippen molar-refractivity contribution >= 4 is 16.9 Å². The van der Waals surface area contributed by atoms with Gasteiger partial charge >= 0.3 is 5.97 Å². The summed E-state index contributed by atoms with van der Waals surface area (Å²) in [5, 5.41) is 23.0. The monoisotopic (exact) mass is 241 g/mol. The van der Waals surface area contributed by atoms with Crippen LogP contribution in [0.4, 0.5) is 0 Å². The number of carboxylic acids is 1. The van der Waals surface area contributed by atoms with Crippen LogP contribution >= 0.6 is 0 Å². The molecule has 5 heteroatoms. The molecule has 5 nitrogen and oxygen atoms in total. The van der Waals surface area contributed by atoms with E-state index in [-0.39, 0.29) is 11.1 Å². The number of hydrogen-bond donors (Lipinski definition) is 1. The Labute approximate surface area is 103 Å². The fourth-order valence-electron chi connectivity index (χ4n) is 2.15. The number of benzene rings is 1. The van der Waals surface area contributed by atoms with Crippen molar-refractivity contribution in [3.05, 3.63) is 30.0 Å². The minimum absolute atomic E-state index is 0.0549. The quantitative estimate of drug-likeness (QED) is 0.891. The topological polar surface area (TPSA) is 78.9 Å². The third kappa shape index (κ3) is 1.54. The first-order valence-electron chi connectivity index (χ1n) is 5.75. The molecule has 0 spiro atoms. The summed E-state index contributed by atoms with van der Waals surface area (Å²) < 4.78 is 1.65. The number of hydrogen-bond acceptors (Lipinski definition) is 3. The van der Waals surface area contributed by atoms with Crippen molar-refractivity contribution < 1.29 is 9.90 Å². The predicted octanol–water partition coefficient (Wildman–Crippen LogP) is 2.04. The summed E-state index contributed by atoms with van der Waals surface area (Å²) in [6.07, 6.45) is 1.72. The molecule has 0 saturated heterocycles. The van der Waals surface area contributed by atoms with Crippen LogP contribution < -0.4 is 0 Å². The molecule has 0 radical (unpaired) electrons. The van der Waals surface area contributed by atoms with Gasteiger partial charge < -0.3 is 5.11 Å². The molecule has 0 aliphatic heterocycles. The van der Waals surface area contributed by atoms with Gasteiger partial charge in [0.2, 0.25) is 0 Å². The molecule has 0 unspecified atom stereocenters. The molecule has 1 aromatic carbocycles. The van der Waals surface area contributed by atoms with Crippen molar-refractivity contribution in [1.82, 2.24) is 9.78 Å². The van der Waals surface area contributed by atoms with Crippen molar-refractivity contribution in [1.29, 1.82) is 5.26 Å². The van der Waals surface area contributed by atoms with Crippen LogP contribution in [0, 0.1) is 16.7 Å². The smallest absolute Gasteiger partial charge is 0.357 e. The van der Waals surface area contributed by atoms with Crippen LogP contribution in [0.1, 0.15) is 23.3 Å². The molecule has 0 atom stereocenters. The lowest BCUT2D eigenvalue weighted by Crippen LogP contribution is -2.11. The fraction of sp³-hybridized carbons (Fsp3) is 0.308. The number of nitriles is 1. The summed E-state index contributed by atoms with van der Waals surface area (Å²) in [5.41, 5.74) is 0.487. The lowest BCUT2D eigenvalue weighted by molar-refractivity contribution is 0.0691. The van der Waals surface area contributed by atoms with Gasteiger partial charge in [0.15, 0.2) is 5.69 Å². The summed E-state index contributed by atoms with van der Waals surface area (Å²) in [7, 11) is 0. The van der Waals surface area contributed by atoms with Gasteiger partial charge in [0.25, 0.3) is 0 Å². The van der Waals surface area contributed by atoms with E-state index in [1.54, 1.807) is 16.8 Å². The number of carbonyl (C=O) groups is 1. The Balaban J connectivity index is 2.13. The Morgan fingerprint density at radius 2 is 2.22 bits per heavy atom. The highest BCUT2D eigenvalue weighted by atomic mass is 16.4. The second kappa shape index (κ2) is 3.57. The molecule has 1 aliphatic rings. The Kier molecular flexibility index (Phi) is 2.14. The molecule has 1 fully saturated rings. The van der Waals surface area contributed by atoms with E-state index in [0.717, 1.165) is 18.4 Å². The van der Waals surface area contributed by atoms with Crippen LogP contribution in [0.25, 0.3) is 10.9 Å². The highest BCUT2D eigenvalue weighted by Gasteiger charge is 2.44. The van der Waals surface area contributed by atoms with Crippen LogP contribution in [-0.4, -0.2) is 20.9 Å². The number of aromatic carboxylic acids is 1. The molecular weight excluding hydrogens is 230 g/mol. The van der Waals surface area contributed by atoms with Gasteiger partial charge in [-0.1, -0.05) is 18.2 Å². The second-order valence-electron chi connectivity index (χ2n) is 4.72. The van der Waals surface area contributed by atoms with Crippen molar-refractivity contribution in [2.24, 2.45) is 5.41 Å². The highest BCUT2D eigenvalue weighted by molar-refractivity contribution is 6.01. The molecule has 0 amide bonds. The molecule has 3 rings (SSSR count). The second-order valence-corrected chi connectivity index (χ2v) is 4.72.